The normalized spacial score (nSPS) is 15.8. The third kappa shape index (κ3) is 30.7. The van der Waals surface area contributed by atoms with Gasteiger partial charge in [-0.15, -0.1) is 0 Å². The average molecular weight is 1210 g/mol. The molecule has 1 saturated heterocycles. The van der Waals surface area contributed by atoms with Gasteiger partial charge in [-0.25, -0.2) is 0 Å². The van der Waals surface area contributed by atoms with Gasteiger partial charge in [0.25, 0.3) is 0 Å². The number of carbonyl (C=O) groups is 10. The Bertz CT molecular complexity index is 2310. The third-order valence-electron chi connectivity index (χ3n) is 13.2. The highest BCUT2D eigenvalue weighted by Crippen LogP contribution is 2.21. The smallest absolute Gasteiger partial charge is 0.245 e. The molecule has 0 saturated carbocycles. The maximum Gasteiger partial charge on any atom is 0.245 e. The van der Waals surface area contributed by atoms with Crippen molar-refractivity contribution in [1.82, 2.24) is 47.4 Å². The molecule has 85 heavy (non-hydrogen) atoms. The van der Waals surface area contributed by atoms with Crippen LogP contribution in [0.15, 0.2) is 20.0 Å². The molecule has 1 aliphatic rings. The predicted octanol–water partition coefficient (Wildman–Crippen LogP) is -8.77. The quantitative estimate of drug-likeness (QED) is 0.0153. The van der Waals surface area contributed by atoms with Gasteiger partial charge in [0, 0.05) is 39.6 Å². The lowest BCUT2D eigenvalue weighted by Crippen LogP contribution is -2.60. The molecule has 0 spiro atoms. The standard InChI is InChI=1S/C50H96N24O11/c1-27(66-40(79)30(67-29(3)76)15-8-22-62-47(54)55)39(78)72-35(18-11-25-65-50(60)61)46(85)74-26-12-19-36(74)45(84)71-33(16-9-23-63-48(56)57)43(82)69-31(13-4-6-20-51)41(80)68-32(14-5-7-21-52)42(81)70-34(17-10-24-64-49(58)59)44(83)73-37(28(2)75)38(53)77/h27-28,30-37,75H,4-26,51-52H2,1-3H3,(H2,53,77)(H,66,79)(H,67,76)(H,68,80)(H,69,82)(H,70,81)(H,71,84)(H,72,78)(H,73,83)(H4,54,55,62)(H4,56,57,63)(H4,58,59,64)(H4,60,61,65)/t27-,28+,30-,31-,32-,33-,34-,35-,36-,37-/m0/s1. The summed E-state index contributed by atoms with van der Waals surface area (Å²) < 4.78 is 0. The van der Waals surface area contributed by atoms with E-state index in [0.717, 1.165) is 0 Å². The van der Waals surface area contributed by atoms with Crippen LogP contribution in [0.5, 0.6) is 0 Å². The molecule has 0 aromatic carbocycles. The van der Waals surface area contributed by atoms with Crippen LogP contribution < -0.4 is 106 Å². The molecule has 0 aromatic heterocycles. The molecular weight excluding hydrogens is 1110 g/mol. The Morgan fingerprint density at radius 1 is 0.459 bits per heavy atom. The molecule has 35 heteroatoms. The van der Waals surface area contributed by atoms with Gasteiger partial charge in [-0.05, 0) is 130 Å². The summed E-state index contributed by atoms with van der Waals surface area (Å²) in [5.74, 6) is -8.65. The molecule has 482 valence electrons. The number of unbranched alkanes of at least 4 members (excludes halogenated alkanes) is 2. The molecule has 1 fully saturated rings. The van der Waals surface area contributed by atoms with Gasteiger partial charge in [0.2, 0.25) is 59.1 Å². The second-order valence-corrected chi connectivity index (χ2v) is 20.5. The molecule has 0 aliphatic carbocycles. The van der Waals surface area contributed by atoms with Crippen LogP contribution in [0.1, 0.15) is 124 Å². The van der Waals surface area contributed by atoms with E-state index >= 15 is 0 Å². The molecule has 0 unspecified atom stereocenters. The van der Waals surface area contributed by atoms with Gasteiger partial charge in [-0.3, -0.25) is 67.9 Å². The molecular formula is C50H96N24O11. The van der Waals surface area contributed by atoms with Crippen molar-refractivity contribution in [3.8, 4) is 0 Å². The van der Waals surface area contributed by atoms with Crippen molar-refractivity contribution in [2.75, 3.05) is 45.8 Å². The van der Waals surface area contributed by atoms with Crippen LogP contribution in [-0.4, -0.2) is 199 Å². The Labute approximate surface area is 495 Å². The summed E-state index contributed by atoms with van der Waals surface area (Å²) in [4.78, 5) is 154. The van der Waals surface area contributed by atoms with E-state index in [1.807, 2.05) is 0 Å². The Morgan fingerprint density at radius 2 is 0.800 bits per heavy atom. The summed E-state index contributed by atoms with van der Waals surface area (Å²) in [5.41, 5.74) is 60.8. The van der Waals surface area contributed by atoms with Crippen LogP contribution in [0.3, 0.4) is 0 Å². The highest BCUT2D eigenvalue weighted by atomic mass is 16.3. The molecule has 0 bridgehead atoms. The minimum Gasteiger partial charge on any atom is -0.391 e. The number of amides is 10. The van der Waals surface area contributed by atoms with E-state index in [4.69, 9.17) is 63.1 Å². The van der Waals surface area contributed by atoms with Gasteiger partial charge in [-0.2, -0.15) is 0 Å². The molecule has 0 aromatic rings. The first-order valence-corrected chi connectivity index (χ1v) is 28.4. The topological polar surface area (TPSA) is 626 Å². The monoisotopic (exact) mass is 1210 g/mol. The Morgan fingerprint density at radius 3 is 1.16 bits per heavy atom. The van der Waals surface area contributed by atoms with Crippen LogP contribution in [-0.2, 0) is 47.9 Å². The number of nitrogens with two attached hydrogens (primary N) is 11. The maximum atomic E-state index is 14.5. The highest BCUT2D eigenvalue weighted by molar-refractivity contribution is 5.98. The van der Waals surface area contributed by atoms with Crippen LogP contribution in [0.25, 0.3) is 0 Å². The lowest BCUT2D eigenvalue weighted by Gasteiger charge is -2.31. The minimum absolute atomic E-state index is 0.00429. The number of aliphatic imine (C=N–C) groups is 4. The average Bonchev–Trinajstić information content (AvgIpc) is 3.88. The van der Waals surface area contributed by atoms with Crippen LogP contribution >= 0.6 is 0 Å². The van der Waals surface area contributed by atoms with Gasteiger partial charge in [0.05, 0.1) is 6.10 Å². The zero-order chi connectivity index (χ0) is 64.2. The van der Waals surface area contributed by atoms with Gasteiger partial charge in [-0.1, -0.05) is 0 Å². The molecule has 0 radical (unpaired) electrons. The Kier molecular flexibility index (Phi) is 35.8. The van der Waals surface area contributed by atoms with Crippen molar-refractivity contribution >= 4 is 82.9 Å². The summed E-state index contributed by atoms with van der Waals surface area (Å²) >= 11 is 0. The molecule has 10 amide bonds. The number of aliphatic hydroxyl groups excluding tert-OH is 1. The first-order chi connectivity index (χ1) is 40.1. The Hall–Kier alpha value is -8.34. The summed E-state index contributed by atoms with van der Waals surface area (Å²) in [7, 11) is 0. The summed E-state index contributed by atoms with van der Waals surface area (Å²) in [6.07, 6.45) is 1.29. The van der Waals surface area contributed by atoms with Crippen LogP contribution in [0, 0.1) is 0 Å². The second-order valence-electron chi connectivity index (χ2n) is 20.5. The minimum atomic E-state index is -1.52. The van der Waals surface area contributed by atoms with E-state index in [2.05, 4.69) is 62.5 Å². The van der Waals surface area contributed by atoms with E-state index in [1.165, 1.54) is 25.7 Å². The number of guanidine groups is 4. The zero-order valence-electron chi connectivity index (χ0n) is 49.2. The lowest BCUT2D eigenvalue weighted by molar-refractivity contribution is -0.142. The fourth-order valence-electron chi connectivity index (χ4n) is 8.79. The zero-order valence-corrected chi connectivity index (χ0v) is 49.2. The maximum absolute atomic E-state index is 14.5. The number of hydrogen-bond acceptors (Lipinski definition) is 17. The number of primary amides is 1. The van der Waals surface area contributed by atoms with Gasteiger partial charge >= 0.3 is 0 Å². The number of carbonyl (C=O) groups excluding carboxylic acids is 10. The fourth-order valence-corrected chi connectivity index (χ4v) is 8.79. The first-order valence-electron chi connectivity index (χ1n) is 28.4. The number of aliphatic hydroxyl groups is 1. The molecule has 1 heterocycles. The SMILES string of the molecule is CC(=O)N[C@@H](CCCN=C(N)N)C(=O)N[C@@H](C)C(=O)N[C@@H](CCCN=C(N)N)C(=O)N1CCC[C@H]1C(=O)N[C@@H](CCCN=C(N)N)C(=O)N[C@@H](CCCCN)C(=O)N[C@@H](CCCCN)C(=O)N[C@@H](CCCN=C(N)N)C(=O)N[C@H](C(N)=O)[C@@H](C)O. The van der Waals surface area contributed by atoms with Crippen molar-refractivity contribution < 1.29 is 53.1 Å². The van der Waals surface area contributed by atoms with E-state index in [0.29, 0.717) is 38.5 Å². The number of rotatable bonds is 42. The van der Waals surface area contributed by atoms with Gasteiger partial charge in [0.15, 0.2) is 23.8 Å². The van der Waals surface area contributed by atoms with Crippen LogP contribution in [0.4, 0.5) is 0 Å². The molecule has 1 rings (SSSR count). The molecule has 35 nitrogen and oxygen atoms in total. The highest BCUT2D eigenvalue weighted by Gasteiger charge is 2.40. The van der Waals surface area contributed by atoms with E-state index < -0.39 is 120 Å². The molecule has 1 aliphatic heterocycles. The number of hydrogen-bond donors (Lipinski definition) is 20. The predicted molar refractivity (Wildman–Crippen MR) is 318 cm³/mol. The first kappa shape index (κ1) is 74.7. The fraction of sp³-hybridized carbons (Fsp3) is 0.720. The second kappa shape index (κ2) is 40.8. The van der Waals surface area contributed by atoms with Crippen molar-refractivity contribution in [2.45, 2.75) is 184 Å². The summed E-state index contributed by atoms with van der Waals surface area (Å²) in [5, 5.41) is 31.0. The third-order valence-corrected chi connectivity index (χ3v) is 13.2. The van der Waals surface area contributed by atoms with E-state index in [1.54, 1.807) is 0 Å². The largest absolute Gasteiger partial charge is 0.391 e. The van der Waals surface area contributed by atoms with E-state index in [-0.39, 0.29) is 134 Å². The molecule has 31 N–H and O–H groups in total. The van der Waals surface area contributed by atoms with E-state index in [9.17, 15) is 53.1 Å². The van der Waals surface area contributed by atoms with Crippen molar-refractivity contribution in [1.29, 1.82) is 0 Å². The summed E-state index contributed by atoms with van der Waals surface area (Å²) in [6, 6.07) is -11.7. The van der Waals surface area contributed by atoms with Gasteiger partial charge in [0.1, 0.15) is 54.4 Å². The molecule has 10 atom stereocenters. The number of nitrogens with zero attached hydrogens (tertiary/aromatic N) is 5. The van der Waals surface area contributed by atoms with Crippen molar-refractivity contribution in [2.24, 2.45) is 83.0 Å². The number of nitrogens with one attached hydrogen (secondary N) is 8. The van der Waals surface area contributed by atoms with Crippen molar-refractivity contribution in [3.05, 3.63) is 0 Å². The lowest BCUT2D eigenvalue weighted by atomic mass is 10.0. The number of likely N-dealkylation sites (tertiary alicyclic amines) is 1. The Balaban J connectivity index is 3.61. The van der Waals surface area contributed by atoms with Crippen LogP contribution in [0.2, 0.25) is 0 Å². The van der Waals surface area contributed by atoms with Gasteiger partial charge < -0.3 is 116 Å². The summed E-state index contributed by atoms with van der Waals surface area (Å²) in [6.45, 7) is 4.66. The van der Waals surface area contributed by atoms with Crippen molar-refractivity contribution in [3.63, 3.8) is 0 Å².